The molecule has 0 spiro atoms. The van der Waals surface area contributed by atoms with E-state index >= 15 is 0 Å². The molecule has 2 rings (SSSR count). The molecule has 1 heterocycles. The van der Waals surface area contributed by atoms with Gasteiger partial charge >= 0.3 is 5.97 Å². The van der Waals surface area contributed by atoms with Crippen LogP contribution in [-0.2, 0) is 14.8 Å². The third-order valence-corrected chi connectivity index (χ3v) is 5.60. The Balaban J connectivity index is 2.11. The molecule has 16 heavy (non-hydrogen) atoms. The highest BCUT2D eigenvalue weighted by molar-refractivity contribution is 7.89. The van der Waals surface area contributed by atoms with Crippen LogP contribution in [0.3, 0.4) is 0 Å². The second-order valence-corrected chi connectivity index (χ2v) is 6.88. The number of sulfonamides is 1. The summed E-state index contributed by atoms with van der Waals surface area (Å²) in [6, 6.07) is 0. The maximum absolute atomic E-state index is 11.8. The first-order chi connectivity index (χ1) is 7.46. The number of carboxylic acid groups (broad SMARTS) is 1. The van der Waals surface area contributed by atoms with Crippen LogP contribution in [0.5, 0.6) is 0 Å². The lowest BCUT2D eigenvalue weighted by molar-refractivity contribution is -0.155. The van der Waals surface area contributed by atoms with Crippen LogP contribution in [-0.4, -0.2) is 42.6 Å². The van der Waals surface area contributed by atoms with Crippen molar-refractivity contribution in [3.63, 3.8) is 0 Å². The van der Waals surface area contributed by atoms with Crippen molar-refractivity contribution in [2.24, 2.45) is 5.41 Å². The van der Waals surface area contributed by atoms with Crippen molar-refractivity contribution in [1.82, 2.24) is 4.31 Å². The standard InChI is InChI=1S/C10H17NO4S/c12-9(13)10(4-3-5-10)8-11-6-1-2-7-16(11,14)15/h1-8H2,(H,12,13). The molecule has 5 nitrogen and oxygen atoms in total. The summed E-state index contributed by atoms with van der Waals surface area (Å²) in [6.45, 7) is 0.655. The SMILES string of the molecule is O=C(O)C1(CN2CCCCS2(=O)=O)CCC1. The Labute approximate surface area is 95.5 Å². The molecule has 1 saturated heterocycles. The Bertz CT molecular complexity index is 386. The summed E-state index contributed by atoms with van der Waals surface area (Å²) in [7, 11) is -3.20. The minimum absolute atomic E-state index is 0.169. The van der Waals surface area contributed by atoms with Gasteiger partial charge in [0.15, 0.2) is 0 Å². The molecule has 1 saturated carbocycles. The Morgan fingerprint density at radius 3 is 2.38 bits per heavy atom. The van der Waals surface area contributed by atoms with E-state index in [-0.39, 0.29) is 12.3 Å². The largest absolute Gasteiger partial charge is 0.481 e. The summed E-state index contributed by atoms with van der Waals surface area (Å²) in [6.07, 6.45) is 3.64. The molecule has 1 aliphatic carbocycles. The van der Waals surface area contributed by atoms with Crippen LogP contribution in [0.15, 0.2) is 0 Å². The van der Waals surface area contributed by atoms with Gasteiger partial charge in [-0.2, -0.15) is 0 Å². The van der Waals surface area contributed by atoms with Gasteiger partial charge in [0.1, 0.15) is 0 Å². The molecule has 0 unspecified atom stereocenters. The van der Waals surface area contributed by atoms with Gasteiger partial charge in [0, 0.05) is 13.1 Å². The molecule has 6 heteroatoms. The van der Waals surface area contributed by atoms with E-state index in [1.54, 1.807) is 0 Å². The molecule has 0 amide bonds. The molecule has 2 aliphatic rings. The lowest BCUT2D eigenvalue weighted by atomic mass is 9.69. The highest BCUT2D eigenvalue weighted by Gasteiger charge is 2.47. The van der Waals surface area contributed by atoms with E-state index in [2.05, 4.69) is 0 Å². The average molecular weight is 247 g/mol. The van der Waals surface area contributed by atoms with Crippen LogP contribution in [0, 0.1) is 5.41 Å². The highest BCUT2D eigenvalue weighted by Crippen LogP contribution is 2.42. The first-order valence-electron chi connectivity index (χ1n) is 5.68. The molecular formula is C10H17NO4S. The number of hydrogen-bond acceptors (Lipinski definition) is 3. The summed E-state index contributed by atoms with van der Waals surface area (Å²) in [5.74, 6) is -0.678. The highest BCUT2D eigenvalue weighted by atomic mass is 32.2. The van der Waals surface area contributed by atoms with E-state index in [9.17, 15) is 13.2 Å². The molecule has 0 aromatic heterocycles. The van der Waals surface area contributed by atoms with Crippen molar-refractivity contribution in [2.45, 2.75) is 32.1 Å². The number of carboxylic acids is 1. The van der Waals surface area contributed by atoms with E-state index < -0.39 is 21.4 Å². The fraction of sp³-hybridized carbons (Fsp3) is 0.900. The van der Waals surface area contributed by atoms with E-state index in [1.807, 2.05) is 0 Å². The van der Waals surface area contributed by atoms with E-state index in [4.69, 9.17) is 5.11 Å². The monoisotopic (exact) mass is 247 g/mol. The van der Waals surface area contributed by atoms with Gasteiger partial charge < -0.3 is 5.11 Å². The van der Waals surface area contributed by atoms with Crippen LogP contribution < -0.4 is 0 Å². The minimum atomic E-state index is -3.20. The van der Waals surface area contributed by atoms with Crippen LogP contribution in [0.4, 0.5) is 0 Å². The molecule has 0 radical (unpaired) electrons. The first-order valence-corrected chi connectivity index (χ1v) is 7.28. The molecular weight excluding hydrogens is 230 g/mol. The van der Waals surface area contributed by atoms with E-state index in [1.165, 1.54) is 4.31 Å². The third-order valence-electron chi connectivity index (χ3n) is 3.70. The summed E-state index contributed by atoms with van der Waals surface area (Å²) in [5.41, 5.74) is -0.801. The van der Waals surface area contributed by atoms with Gasteiger partial charge in [0.2, 0.25) is 10.0 Å². The van der Waals surface area contributed by atoms with Gasteiger partial charge in [0.25, 0.3) is 0 Å². The third kappa shape index (κ3) is 1.96. The maximum Gasteiger partial charge on any atom is 0.310 e. The second kappa shape index (κ2) is 4.00. The predicted molar refractivity (Wildman–Crippen MR) is 58.5 cm³/mol. The Hall–Kier alpha value is -0.620. The summed E-state index contributed by atoms with van der Waals surface area (Å²) in [4.78, 5) is 11.2. The molecule has 2 fully saturated rings. The quantitative estimate of drug-likeness (QED) is 0.795. The summed E-state index contributed by atoms with van der Waals surface area (Å²) < 4.78 is 24.9. The van der Waals surface area contributed by atoms with E-state index in [0.29, 0.717) is 25.8 Å². The number of hydrogen-bond donors (Lipinski definition) is 1. The first kappa shape index (κ1) is 11.9. The molecule has 0 aromatic carbocycles. The molecule has 0 bridgehead atoms. The van der Waals surface area contributed by atoms with Gasteiger partial charge in [-0.1, -0.05) is 6.42 Å². The molecule has 0 aromatic rings. The Morgan fingerprint density at radius 2 is 1.94 bits per heavy atom. The lowest BCUT2D eigenvalue weighted by Crippen LogP contribution is -2.51. The van der Waals surface area contributed by atoms with E-state index in [0.717, 1.165) is 12.8 Å². The Morgan fingerprint density at radius 1 is 1.25 bits per heavy atom. The zero-order valence-corrected chi connectivity index (χ0v) is 10.0. The van der Waals surface area contributed by atoms with Crippen molar-refractivity contribution in [1.29, 1.82) is 0 Å². The average Bonchev–Trinajstić information content (AvgIpc) is 2.12. The van der Waals surface area contributed by atoms with Crippen molar-refractivity contribution in [3.8, 4) is 0 Å². The lowest BCUT2D eigenvalue weighted by Gasteiger charge is -2.41. The van der Waals surface area contributed by atoms with Gasteiger partial charge in [-0.3, -0.25) is 4.79 Å². The van der Waals surface area contributed by atoms with Crippen LogP contribution in [0.1, 0.15) is 32.1 Å². The number of nitrogens with zero attached hydrogens (tertiary/aromatic N) is 1. The molecule has 92 valence electrons. The number of carbonyl (C=O) groups is 1. The Kier molecular flexibility index (Phi) is 2.96. The zero-order chi connectivity index (χ0) is 11.8. The topological polar surface area (TPSA) is 74.7 Å². The van der Waals surface area contributed by atoms with Crippen LogP contribution in [0.25, 0.3) is 0 Å². The molecule has 1 N–H and O–H groups in total. The number of aliphatic carboxylic acids is 1. The molecule has 0 atom stereocenters. The van der Waals surface area contributed by atoms with Crippen LogP contribution in [0.2, 0.25) is 0 Å². The fourth-order valence-corrected chi connectivity index (χ4v) is 4.08. The fourth-order valence-electron chi connectivity index (χ4n) is 2.40. The second-order valence-electron chi connectivity index (χ2n) is 4.80. The normalized spacial score (nSPS) is 28.2. The van der Waals surface area contributed by atoms with Crippen LogP contribution >= 0.6 is 0 Å². The maximum atomic E-state index is 11.8. The minimum Gasteiger partial charge on any atom is -0.481 e. The van der Waals surface area contributed by atoms with Crippen molar-refractivity contribution < 1.29 is 18.3 Å². The van der Waals surface area contributed by atoms with Gasteiger partial charge in [0.05, 0.1) is 11.2 Å². The molecule has 1 aliphatic heterocycles. The van der Waals surface area contributed by atoms with Gasteiger partial charge in [-0.05, 0) is 25.7 Å². The zero-order valence-electron chi connectivity index (χ0n) is 9.18. The predicted octanol–water partition coefficient (Wildman–Crippen LogP) is 0.667. The van der Waals surface area contributed by atoms with Crippen molar-refractivity contribution >= 4 is 16.0 Å². The van der Waals surface area contributed by atoms with Gasteiger partial charge in [-0.15, -0.1) is 0 Å². The van der Waals surface area contributed by atoms with Gasteiger partial charge in [-0.25, -0.2) is 12.7 Å². The van der Waals surface area contributed by atoms with Crippen molar-refractivity contribution in [2.75, 3.05) is 18.8 Å². The number of rotatable bonds is 3. The summed E-state index contributed by atoms with van der Waals surface area (Å²) >= 11 is 0. The van der Waals surface area contributed by atoms with Crippen molar-refractivity contribution in [3.05, 3.63) is 0 Å². The smallest absolute Gasteiger partial charge is 0.310 e. The summed E-state index contributed by atoms with van der Waals surface area (Å²) in [5, 5.41) is 9.16.